The first kappa shape index (κ1) is 21.3. The van der Waals surface area contributed by atoms with Crippen LogP contribution >= 0.6 is 34.7 Å². The number of carbonyl (C=O) groups is 2. The van der Waals surface area contributed by atoms with Crippen LogP contribution in [0.1, 0.15) is 10.4 Å². The average Bonchev–Trinajstić information content (AvgIpc) is 3.36. The largest absolute Gasteiger partial charge is 0.465 e. The van der Waals surface area contributed by atoms with Crippen molar-refractivity contribution in [1.29, 1.82) is 0 Å². The normalized spacial score (nSPS) is 10.9. The molecule has 1 amide bonds. The summed E-state index contributed by atoms with van der Waals surface area (Å²) >= 11 is 8.81. The summed E-state index contributed by atoms with van der Waals surface area (Å²) in [7, 11) is 3.09. The highest BCUT2D eigenvalue weighted by Crippen LogP contribution is 2.39. The molecule has 0 unspecified atom stereocenters. The van der Waals surface area contributed by atoms with Gasteiger partial charge in [-0.2, -0.15) is 5.10 Å². The third-order valence-corrected chi connectivity index (χ3v) is 6.66. The first-order valence-corrected chi connectivity index (χ1v) is 11.2. The van der Waals surface area contributed by atoms with Gasteiger partial charge in [0.25, 0.3) is 0 Å². The first-order valence-electron chi connectivity index (χ1n) is 8.99. The van der Waals surface area contributed by atoms with Crippen LogP contribution in [0.3, 0.4) is 0 Å². The van der Waals surface area contributed by atoms with Crippen LogP contribution in [0.2, 0.25) is 5.02 Å². The molecule has 0 bridgehead atoms. The van der Waals surface area contributed by atoms with Crippen LogP contribution in [0.4, 0.5) is 5.00 Å². The number of nitrogens with zero attached hydrogens (tertiary/aromatic N) is 4. The zero-order chi connectivity index (χ0) is 22.0. The maximum absolute atomic E-state index is 12.6. The van der Waals surface area contributed by atoms with Crippen molar-refractivity contribution < 1.29 is 14.3 Å². The van der Waals surface area contributed by atoms with Crippen LogP contribution in [-0.4, -0.2) is 44.5 Å². The minimum Gasteiger partial charge on any atom is -0.465 e. The molecular formula is C20H16ClN5O3S2. The number of hydrogen-bond acceptors (Lipinski definition) is 8. The number of aryl methyl sites for hydroxylation is 1. The lowest BCUT2D eigenvalue weighted by Gasteiger charge is -2.09. The molecule has 4 aromatic rings. The number of ether oxygens (including phenoxy) is 1. The third kappa shape index (κ3) is 4.27. The van der Waals surface area contributed by atoms with Gasteiger partial charge in [-0.15, -0.1) is 11.3 Å². The van der Waals surface area contributed by atoms with E-state index in [4.69, 9.17) is 16.3 Å². The lowest BCUT2D eigenvalue weighted by molar-refractivity contribution is -0.113. The maximum atomic E-state index is 12.6. The molecule has 0 aliphatic carbocycles. The molecule has 0 radical (unpaired) electrons. The Morgan fingerprint density at radius 1 is 1.26 bits per heavy atom. The van der Waals surface area contributed by atoms with Crippen molar-refractivity contribution in [1.82, 2.24) is 19.7 Å². The van der Waals surface area contributed by atoms with E-state index < -0.39 is 5.97 Å². The number of thioether (sulfide) groups is 1. The number of thiophene rings is 1. The molecule has 0 aliphatic heterocycles. The standard InChI is InChI=1S/C20H16ClN5O3S2/c1-26-17-12(7-24-26)18(23-10-22-17)31-9-15(27)25-19-16(20(28)29-2)13(8-30-19)11-5-3-4-6-14(11)21/h3-8,10H,9H2,1-2H3,(H,25,27). The molecule has 1 aromatic carbocycles. The number of anilines is 1. The van der Waals surface area contributed by atoms with Gasteiger partial charge in [-0.3, -0.25) is 9.48 Å². The van der Waals surface area contributed by atoms with Crippen LogP contribution in [0.15, 0.2) is 47.2 Å². The second-order valence-corrected chi connectivity index (χ2v) is 8.60. The van der Waals surface area contributed by atoms with Gasteiger partial charge in [-0.05, 0) is 6.07 Å². The van der Waals surface area contributed by atoms with Gasteiger partial charge in [-0.25, -0.2) is 14.8 Å². The zero-order valence-corrected chi connectivity index (χ0v) is 18.8. The van der Waals surface area contributed by atoms with Crippen LogP contribution < -0.4 is 5.32 Å². The third-order valence-electron chi connectivity index (χ3n) is 4.43. The minimum atomic E-state index is -0.549. The quantitative estimate of drug-likeness (QED) is 0.253. The van der Waals surface area contributed by atoms with Crippen LogP contribution in [0.5, 0.6) is 0 Å². The number of carbonyl (C=O) groups excluding carboxylic acids is 2. The summed E-state index contributed by atoms with van der Waals surface area (Å²) in [6.45, 7) is 0. The lowest BCUT2D eigenvalue weighted by Crippen LogP contribution is -2.16. The van der Waals surface area contributed by atoms with E-state index in [2.05, 4.69) is 20.4 Å². The van der Waals surface area contributed by atoms with E-state index in [9.17, 15) is 9.59 Å². The van der Waals surface area contributed by atoms with Crippen molar-refractivity contribution in [2.45, 2.75) is 5.03 Å². The van der Waals surface area contributed by atoms with Gasteiger partial charge in [0, 0.05) is 28.6 Å². The molecule has 0 saturated carbocycles. The zero-order valence-electron chi connectivity index (χ0n) is 16.5. The Hall–Kier alpha value is -2.95. The summed E-state index contributed by atoms with van der Waals surface area (Å²) in [5.74, 6) is -0.730. The molecule has 0 aliphatic rings. The molecule has 31 heavy (non-hydrogen) atoms. The van der Waals surface area contributed by atoms with Gasteiger partial charge in [-0.1, -0.05) is 41.6 Å². The Morgan fingerprint density at radius 3 is 2.84 bits per heavy atom. The molecular weight excluding hydrogens is 458 g/mol. The fraction of sp³-hybridized carbons (Fsp3) is 0.150. The van der Waals surface area contributed by atoms with E-state index in [0.717, 1.165) is 5.39 Å². The van der Waals surface area contributed by atoms with Crippen molar-refractivity contribution in [2.24, 2.45) is 7.05 Å². The molecule has 0 spiro atoms. The molecule has 3 heterocycles. The van der Waals surface area contributed by atoms with Crippen LogP contribution in [-0.2, 0) is 16.6 Å². The Bertz CT molecular complexity index is 1290. The van der Waals surface area contributed by atoms with Gasteiger partial charge in [0.05, 0.1) is 24.4 Å². The van der Waals surface area contributed by atoms with Gasteiger partial charge < -0.3 is 10.1 Å². The van der Waals surface area contributed by atoms with Gasteiger partial charge in [0.2, 0.25) is 5.91 Å². The molecule has 0 fully saturated rings. The van der Waals surface area contributed by atoms with Crippen molar-refractivity contribution in [3.8, 4) is 11.1 Å². The Balaban J connectivity index is 1.55. The van der Waals surface area contributed by atoms with Crippen LogP contribution in [0.25, 0.3) is 22.2 Å². The second kappa shape index (κ2) is 9.04. The lowest BCUT2D eigenvalue weighted by atomic mass is 10.0. The SMILES string of the molecule is COC(=O)c1c(-c2ccccc2Cl)csc1NC(=O)CSc1ncnc2c1cnn2C. The van der Waals surface area contributed by atoms with Crippen molar-refractivity contribution in [3.63, 3.8) is 0 Å². The van der Waals surface area contributed by atoms with E-state index in [1.54, 1.807) is 29.4 Å². The Labute approximate surface area is 190 Å². The number of fused-ring (bicyclic) bond motifs is 1. The minimum absolute atomic E-state index is 0.0982. The number of rotatable bonds is 6. The number of aromatic nitrogens is 4. The molecule has 4 rings (SSSR count). The molecule has 11 heteroatoms. The number of methoxy groups -OCH3 is 1. The monoisotopic (exact) mass is 473 g/mol. The fourth-order valence-corrected chi connectivity index (χ4v) is 4.95. The van der Waals surface area contributed by atoms with Crippen molar-refractivity contribution in [2.75, 3.05) is 18.2 Å². The number of amides is 1. The van der Waals surface area contributed by atoms with Gasteiger partial charge in [0.1, 0.15) is 21.9 Å². The summed E-state index contributed by atoms with van der Waals surface area (Å²) in [5.41, 5.74) is 2.26. The number of halogens is 1. The number of nitrogens with one attached hydrogen (secondary N) is 1. The van der Waals surface area contributed by atoms with E-state index in [-0.39, 0.29) is 17.2 Å². The van der Waals surface area contributed by atoms with Gasteiger partial charge in [0.15, 0.2) is 5.65 Å². The Morgan fingerprint density at radius 2 is 2.06 bits per heavy atom. The van der Waals surface area contributed by atoms with Crippen LogP contribution in [0, 0.1) is 0 Å². The van der Waals surface area contributed by atoms with Crippen molar-refractivity contribution in [3.05, 3.63) is 52.8 Å². The topological polar surface area (TPSA) is 99.0 Å². The van der Waals surface area contributed by atoms with Gasteiger partial charge >= 0.3 is 5.97 Å². The van der Waals surface area contributed by atoms with E-state index in [1.807, 2.05) is 18.2 Å². The predicted octanol–water partition coefficient (Wildman–Crippen LogP) is 4.26. The molecule has 1 N–H and O–H groups in total. The maximum Gasteiger partial charge on any atom is 0.341 e. The predicted molar refractivity (Wildman–Crippen MR) is 122 cm³/mol. The highest BCUT2D eigenvalue weighted by Gasteiger charge is 2.23. The molecule has 3 aromatic heterocycles. The summed E-state index contributed by atoms with van der Waals surface area (Å²) in [6, 6.07) is 7.19. The number of benzene rings is 1. The molecule has 158 valence electrons. The highest BCUT2D eigenvalue weighted by molar-refractivity contribution is 8.00. The first-order chi connectivity index (χ1) is 15.0. The summed E-state index contributed by atoms with van der Waals surface area (Å²) in [6.07, 6.45) is 3.11. The molecule has 8 nitrogen and oxygen atoms in total. The summed E-state index contributed by atoms with van der Waals surface area (Å²) < 4.78 is 6.59. The smallest absolute Gasteiger partial charge is 0.341 e. The summed E-state index contributed by atoms with van der Waals surface area (Å²) in [5, 5.41) is 11.1. The van der Waals surface area contributed by atoms with E-state index in [1.165, 1.54) is 36.5 Å². The number of hydrogen-bond donors (Lipinski definition) is 1. The average molecular weight is 474 g/mol. The fourth-order valence-electron chi connectivity index (χ4n) is 2.98. The summed E-state index contributed by atoms with van der Waals surface area (Å²) in [4.78, 5) is 33.5. The number of esters is 1. The van der Waals surface area contributed by atoms with Crippen molar-refractivity contribution >= 4 is 62.6 Å². The molecule has 0 saturated heterocycles. The Kier molecular flexibility index (Phi) is 6.21. The van der Waals surface area contributed by atoms with E-state index >= 15 is 0 Å². The molecule has 0 atom stereocenters. The van der Waals surface area contributed by atoms with E-state index in [0.29, 0.717) is 31.8 Å². The second-order valence-electron chi connectivity index (χ2n) is 6.35. The highest BCUT2D eigenvalue weighted by atomic mass is 35.5.